The second-order valence-corrected chi connectivity index (χ2v) is 10.5. The fourth-order valence-electron chi connectivity index (χ4n) is 3.40. The summed E-state index contributed by atoms with van der Waals surface area (Å²) >= 11 is 0. The summed E-state index contributed by atoms with van der Waals surface area (Å²) in [5.74, 6) is -1.02. The number of anilines is 1. The lowest BCUT2D eigenvalue weighted by Gasteiger charge is -2.31. The number of halogens is 1. The van der Waals surface area contributed by atoms with Crippen LogP contribution in [0.5, 0.6) is 0 Å². The van der Waals surface area contributed by atoms with Gasteiger partial charge in [0.25, 0.3) is 0 Å². The van der Waals surface area contributed by atoms with Crippen molar-refractivity contribution in [2.75, 3.05) is 23.7 Å². The Kier molecular flexibility index (Phi) is 9.61. The van der Waals surface area contributed by atoms with Crippen LogP contribution in [0.25, 0.3) is 0 Å². The largest absolute Gasteiger partial charge is 0.354 e. The molecule has 0 saturated heterocycles. The molecule has 186 valence electrons. The molecule has 0 bridgehead atoms. The zero-order valence-corrected chi connectivity index (χ0v) is 21.2. The van der Waals surface area contributed by atoms with E-state index in [1.807, 2.05) is 32.9 Å². The third-order valence-corrected chi connectivity index (χ3v) is 6.65. The summed E-state index contributed by atoms with van der Waals surface area (Å²) in [5, 5.41) is 2.77. The van der Waals surface area contributed by atoms with Crippen molar-refractivity contribution in [3.8, 4) is 0 Å². The molecule has 0 aliphatic rings. The first-order valence-electron chi connectivity index (χ1n) is 11.3. The van der Waals surface area contributed by atoms with Crippen molar-refractivity contribution in [2.24, 2.45) is 0 Å². The van der Waals surface area contributed by atoms with Gasteiger partial charge in [0.1, 0.15) is 18.4 Å². The first-order valence-corrected chi connectivity index (χ1v) is 13.2. The van der Waals surface area contributed by atoms with Crippen LogP contribution in [0.2, 0.25) is 0 Å². The van der Waals surface area contributed by atoms with Crippen molar-refractivity contribution in [1.82, 2.24) is 10.2 Å². The second kappa shape index (κ2) is 12.0. The van der Waals surface area contributed by atoms with Gasteiger partial charge in [0.05, 0.1) is 11.9 Å². The number of hydrogen-bond acceptors (Lipinski definition) is 4. The summed E-state index contributed by atoms with van der Waals surface area (Å²) < 4.78 is 39.6. The van der Waals surface area contributed by atoms with Gasteiger partial charge in [-0.25, -0.2) is 12.8 Å². The Morgan fingerprint density at radius 2 is 1.59 bits per heavy atom. The fraction of sp³-hybridized carbons (Fsp3) is 0.440. The molecule has 0 heterocycles. The number of carbonyl (C=O) groups is 2. The minimum atomic E-state index is -3.78. The number of amides is 2. The molecule has 2 aromatic rings. The predicted molar refractivity (Wildman–Crippen MR) is 132 cm³/mol. The predicted octanol–water partition coefficient (Wildman–Crippen LogP) is 3.66. The maximum atomic E-state index is 13.4. The van der Waals surface area contributed by atoms with Gasteiger partial charge in [-0.1, -0.05) is 45.0 Å². The summed E-state index contributed by atoms with van der Waals surface area (Å²) in [6.45, 7) is 7.60. The average molecular weight is 492 g/mol. The Bertz CT molecular complexity index is 1070. The van der Waals surface area contributed by atoms with Crippen LogP contribution in [0, 0.1) is 5.82 Å². The average Bonchev–Trinajstić information content (AvgIpc) is 2.79. The van der Waals surface area contributed by atoms with Crippen molar-refractivity contribution in [2.45, 2.75) is 52.6 Å². The first-order chi connectivity index (χ1) is 15.9. The minimum absolute atomic E-state index is 0.0315. The van der Waals surface area contributed by atoms with E-state index in [0.29, 0.717) is 17.8 Å². The number of nitrogens with zero attached hydrogens (tertiary/aromatic N) is 2. The number of nitrogens with one attached hydrogen (secondary N) is 1. The molecule has 9 heteroatoms. The summed E-state index contributed by atoms with van der Waals surface area (Å²) in [6.07, 6.45) is 1.77. The molecule has 34 heavy (non-hydrogen) atoms. The standard InChI is InChI=1S/C25H34FN3O4S/c1-6-15-27-25(31)19(4)28(16-20-7-11-22(26)12-8-20)24(30)17-29(34(5,32)33)23-13-9-21(10-14-23)18(2)3/h7-14,18-19H,6,15-17H2,1-5H3,(H,27,31)/t19-/m0/s1. The Labute approximate surface area is 202 Å². The topological polar surface area (TPSA) is 86.8 Å². The third kappa shape index (κ3) is 7.55. The third-order valence-electron chi connectivity index (χ3n) is 5.51. The van der Waals surface area contributed by atoms with Gasteiger partial charge in [-0.3, -0.25) is 13.9 Å². The molecule has 0 aliphatic carbocycles. The SMILES string of the molecule is CCCNC(=O)[C@H](C)N(Cc1ccc(F)cc1)C(=O)CN(c1ccc(C(C)C)cc1)S(C)(=O)=O. The maximum Gasteiger partial charge on any atom is 0.244 e. The van der Waals surface area contributed by atoms with E-state index in [1.54, 1.807) is 19.1 Å². The van der Waals surface area contributed by atoms with Gasteiger partial charge in [0.2, 0.25) is 21.8 Å². The van der Waals surface area contributed by atoms with Crippen LogP contribution in [0.3, 0.4) is 0 Å². The van der Waals surface area contributed by atoms with E-state index >= 15 is 0 Å². The monoisotopic (exact) mass is 491 g/mol. The van der Waals surface area contributed by atoms with Gasteiger partial charge < -0.3 is 10.2 Å². The fourth-order valence-corrected chi connectivity index (χ4v) is 4.25. The molecule has 0 unspecified atom stereocenters. The number of rotatable bonds is 11. The van der Waals surface area contributed by atoms with E-state index in [-0.39, 0.29) is 18.4 Å². The van der Waals surface area contributed by atoms with Crippen LogP contribution in [0.15, 0.2) is 48.5 Å². The summed E-state index contributed by atoms with van der Waals surface area (Å²) in [5.41, 5.74) is 2.03. The second-order valence-electron chi connectivity index (χ2n) is 8.63. The highest BCUT2D eigenvalue weighted by molar-refractivity contribution is 7.92. The first kappa shape index (κ1) is 27.3. The molecule has 0 aliphatic heterocycles. The Morgan fingerprint density at radius 3 is 2.09 bits per heavy atom. The molecule has 0 aromatic heterocycles. The molecule has 2 aromatic carbocycles. The van der Waals surface area contributed by atoms with Crippen LogP contribution < -0.4 is 9.62 Å². The van der Waals surface area contributed by atoms with Crippen LogP contribution in [0.1, 0.15) is 51.2 Å². The molecule has 0 radical (unpaired) electrons. The van der Waals surface area contributed by atoms with E-state index in [2.05, 4.69) is 5.32 Å². The number of sulfonamides is 1. The Hall–Kier alpha value is -2.94. The summed E-state index contributed by atoms with van der Waals surface area (Å²) in [4.78, 5) is 27.4. The van der Waals surface area contributed by atoms with E-state index in [1.165, 1.54) is 29.2 Å². The van der Waals surface area contributed by atoms with Gasteiger partial charge in [-0.15, -0.1) is 0 Å². The summed E-state index contributed by atoms with van der Waals surface area (Å²) in [7, 11) is -3.78. The van der Waals surface area contributed by atoms with Crippen LogP contribution >= 0.6 is 0 Å². The normalized spacial score (nSPS) is 12.3. The van der Waals surface area contributed by atoms with Crippen molar-refractivity contribution in [3.05, 3.63) is 65.5 Å². The molecule has 2 rings (SSSR count). The van der Waals surface area contributed by atoms with Gasteiger partial charge >= 0.3 is 0 Å². The molecule has 7 nitrogen and oxygen atoms in total. The smallest absolute Gasteiger partial charge is 0.244 e. The highest BCUT2D eigenvalue weighted by atomic mass is 32.2. The molecular weight excluding hydrogens is 457 g/mol. The van der Waals surface area contributed by atoms with Crippen molar-refractivity contribution in [3.63, 3.8) is 0 Å². The number of benzene rings is 2. The zero-order valence-electron chi connectivity index (χ0n) is 20.4. The molecule has 1 N–H and O–H groups in total. The van der Waals surface area contributed by atoms with Crippen LogP contribution in [-0.2, 0) is 26.2 Å². The maximum absolute atomic E-state index is 13.4. The van der Waals surface area contributed by atoms with Crippen molar-refractivity contribution in [1.29, 1.82) is 0 Å². The zero-order chi connectivity index (χ0) is 25.5. The summed E-state index contributed by atoms with van der Waals surface area (Å²) in [6, 6.07) is 11.8. The number of carbonyl (C=O) groups excluding carboxylic acids is 2. The van der Waals surface area contributed by atoms with Crippen molar-refractivity contribution >= 4 is 27.5 Å². The van der Waals surface area contributed by atoms with E-state index < -0.39 is 34.3 Å². The van der Waals surface area contributed by atoms with Crippen LogP contribution in [-0.4, -0.2) is 50.5 Å². The van der Waals surface area contributed by atoms with E-state index in [9.17, 15) is 22.4 Å². The molecule has 0 spiro atoms. The van der Waals surface area contributed by atoms with E-state index in [4.69, 9.17) is 0 Å². The number of hydrogen-bond donors (Lipinski definition) is 1. The molecule has 0 fully saturated rings. The Morgan fingerprint density at radius 1 is 1.00 bits per heavy atom. The van der Waals surface area contributed by atoms with Gasteiger partial charge in [-0.05, 0) is 54.7 Å². The minimum Gasteiger partial charge on any atom is -0.354 e. The van der Waals surface area contributed by atoms with Crippen molar-refractivity contribution < 1.29 is 22.4 Å². The molecule has 2 amide bonds. The molecular formula is C25H34FN3O4S. The van der Waals surface area contributed by atoms with Crippen LogP contribution in [0.4, 0.5) is 10.1 Å². The molecule has 0 saturated carbocycles. The lowest BCUT2D eigenvalue weighted by Crippen LogP contribution is -2.51. The lowest BCUT2D eigenvalue weighted by molar-refractivity contribution is -0.139. The van der Waals surface area contributed by atoms with Gasteiger partial charge in [-0.2, -0.15) is 0 Å². The molecule has 1 atom stereocenters. The van der Waals surface area contributed by atoms with Gasteiger partial charge in [0, 0.05) is 13.1 Å². The highest BCUT2D eigenvalue weighted by Gasteiger charge is 2.30. The lowest BCUT2D eigenvalue weighted by atomic mass is 10.0. The van der Waals surface area contributed by atoms with Gasteiger partial charge in [0.15, 0.2) is 0 Å². The van der Waals surface area contributed by atoms with E-state index in [0.717, 1.165) is 22.5 Å². The quantitative estimate of drug-likeness (QED) is 0.520. The highest BCUT2D eigenvalue weighted by Crippen LogP contribution is 2.23. The Balaban J connectivity index is 2.35.